The molecule has 0 saturated carbocycles. The Hall–Kier alpha value is -3.98. The van der Waals surface area contributed by atoms with Gasteiger partial charge in [-0.2, -0.15) is 0 Å². The van der Waals surface area contributed by atoms with Crippen LogP contribution in [0.3, 0.4) is 0 Å². The van der Waals surface area contributed by atoms with Gasteiger partial charge in [-0.05, 0) is 80.4 Å². The summed E-state index contributed by atoms with van der Waals surface area (Å²) in [4.78, 5) is 26.5. The van der Waals surface area contributed by atoms with E-state index in [4.69, 9.17) is 20.8 Å². The largest absolute Gasteiger partial charge is 0.459 e. The number of hydrogen-bond acceptors (Lipinski definition) is 4. The number of rotatable bonds is 5. The molecule has 4 aromatic rings. The molecule has 3 aromatic carbocycles. The van der Waals surface area contributed by atoms with Crippen molar-refractivity contribution in [3.05, 3.63) is 82.8 Å². The van der Waals surface area contributed by atoms with E-state index in [9.17, 15) is 22.8 Å². The second kappa shape index (κ2) is 11.4. The number of hydrogen-bond donors (Lipinski definition) is 1. The first-order valence-corrected chi connectivity index (χ1v) is 13.9. The van der Waals surface area contributed by atoms with E-state index >= 15 is 0 Å². The highest BCUT2D eigenvalue weighted by Crippen LogP contribution is 2.39. The summed E-state index contributed by atoms with van der Waals surface area (Å²) in [6, 6.07) is 16.6. The number of piperidine rings is 1. The monoisotopic (exact) mass is 598 g/mol. The molecule has 42 heavy (non-hydrogen) atoms. The summed E-state index contributed by atoms with van der Waals surface area (Å²) < 4.78 is 52.4. The Morgan fingerprint density at radius 1 is 0.976 bits per heavy atom. The molecule has 1 N–H and O–H groups in total. The van der Waals surface area contributed by atoms with Crippen molar-refractivity contribution in [3.63, 3.8) is 0 Å². The van der Waals surface area contributed by atoms with Crippen LogP contribution in [0.2, 0.25) is 5.02 Å². The summed E-state index contributed by atoms with van der Waals surface area (Å²) in [6.07, 6.45) is -1.27. The molecule has 6 nitrogen and oxygen atoms in total. The summed E-state index contributed by atoms with van der Waals surface area (Å²) in [6.45, 7) is 5.41. The number of fused-ring (bicyclic) bond motifs is 1. The minimum atomic E-state index is -2.73. The molecule has 0 atom stereocenters. The third-order valence-electron chi connectivity index (χ3n) is 6.94. The smallest absolute Gasteiger partial charge is 0.408 e. The molecule has 220 valence electrons. The summed E-state index contributed by atoms with van der Waals surface area (Å²) in [5.74, 6) is -3.03. The second-order valence-corrected chi connectivity index (χ2v) is 11.8. The van der Waals surface area contributed by atoms with E-state index in [1.54, 1.807) is 57.2 Å². The molecule has 1 aliphatic heterocycles. The molecule has 0 radical (unpaired) electrons. The van der Waals surface area contributed by atoms with Gasteiger partial charge in [0.1, 0.15) is 22.8 Å². The number of furan rings is 1. The Bertz CT molecular complexity index is 1630. The predicted octanol–water partition coefficient (Wildman–Crippen LogP) is 8.46. The lowest BCUT2D eigenvalue weighted by Gasteiger charge is -2.31. The lowest BCUT2D eigenvalue weighted by Crippen LogP contribution is -2.42. The van der Waals surface area contributed by atoms with Crippen molar-refractivity contribution >= 4 is 34.6 Å². The molecule has 1 aromatic heterocycles. The van der Waals surface area contributed by atoms with E-state index in [2.05, 4.69) is 5.32 Å². The van der Waals surface area contributed by atoms with E-state index in [0.717, 1.165) is 16.5 Å². The highest BCUT2D eigenvalue weighted by Gasteiger charge is 2.35. The van der Waals surface area contributed by atoms with Crippen LogP contribution in [-0.2, 0) is 11.3 Å². The zero-order valence-corrected chi connectivity index (χ0v) is 24.2. The fourth-order valence-corrected chi connectivity index (χ4v) is 5.14. The first-order chi connectivity index (χ1) is 19.8. The van der Waals surface area contributed by atoms with Crippen LogP contribution in [0.15, 0.2) is 65.1 Å². The lowest BCUT2D eigenvalue weighted by atomic mass is 9.96. The Labute approximate surface area is 246 Å². The SMILES string of the molecule is CC(C)(C)OC(=O)NCc1cc2cc(-c3ccc(C(=O)N4CCC(F)(F)CC4)cc3)cc(-c3ccc(F)cc3Cl)c2o1. The molecule has 10 heteroatoms. The molecule has 1 fully saturated rings. The maximum absolute atomic E-state index is 13.9. The van der Waals surface area contributed by atoms with Gasteiger partial charge in [-0.3, -0.25) is 4.79 Å². The van der Waals surface area contributed by atoms with Crippen LogP contribution in [0.4, 0.5) is 18.0 Å². The van der Waals surface area contributed by atoms with Crippen LogP contribution in [-0.4, -0.2) is 41.5 Å². The zero-order valence-electron chi connectivity index (χ0n) is 23.4. The van der Waals surface area contributed by atoms with Crippen LogP contribution in [0.1, 0.15) is 49.7 Å². The van der Waals surface area contributed by atoms with Crippen molar-refractivity contribution in [1.82, 2.24) is 10.2 Å². The van der Waals surface area contributed by atoms with E-state index in [1.165, 1.54) is 17.0 Å². The van der Waals surface area contributed by atoms with Gasteiger partial charge >= 0.3 is 6.09 Å². The van der Waals surface area contributed by atoms with Crippen LogP contribution in [0.25, 0.3) is 33.2 Å². The number of likely N-dealkylation sites (tertiary alicyclic amines) is 1. The van der Waals surface area contributed by atoms with Crippen LogP contribution in [0, 0.1) is 5.82 Å². The van der Waals surface area contributed by atoms with Gasteiger partial charge in [0.2, 0.25) is 0 Å². The Morgan fingerprint density at radius 3 is 2.31 bits per heavy atom. The zero-order chi connectivity index (χ0) is 30.2. The number of benzene rings is 3. The quantitative estimate of drug-likeness (QED) is 0.250. The Morgan fingerprint density at radius 2 is 1.67 bits per heavy atom. The first-order valence-electron chi connectivity index (χ1n) is 13.5. The number of nitrogens with zero attached hydrogens (tertiary/aromatic N) is 1. The first kappa shape index (κ1) is 29.5. The second-order valence-electron chi connectivity index (χ2n) is 11.4. The van der Waals surface area contributed by atoms with Crippen molar-refractivity contribution in [2.24, 2.45) is 0 Å². The van der Waals surface area contributed by atoms with Gasteiger partial charge < -0.3 is 19.4 Å². The lowest BCUT2D eigenvalue weighted by molar-refractivity contribution is -0.0494. The van der Waals surface area contributed by atoms with Crippen molar-refractivity contribution in [2.75, 3.05) is 13.1 Å². The highest BCUT2D eigenvalue weighted by molar-refractivity contribution is 6.33. The highest BCUT2D eigenvalue weighted by atomic mass is 35.5. The van der Waals surface area contributed by atoms with Gasteiger partial charge in [0.15, 0.2) is 0 Å². The summed E-state index contributed by atoms with van der Waals surface area (Å²) in [5.41, 5.74) is 2.99. The molecule has 2 heterocycles. The maximum atomic E-state index is 13.9. The van der Waals surface area contributed by atoms with E-state index in [-0.39, 0.29) is 43.4 Å². The number of carbonyl (C=O) groups is 2. The van der Waals surface area contributed by atoms with Gasteiger partial charge in [-0.1, -0.05) is 23.7 Å². The van der Waals surface area contributed by atoms with E-state index in [1.807, 2.05) is 12.1 Å². The average molecular weight is 599 g/mol. The molecule has 0 unspecified atom stereocenters. The third-order valence-corrected chi connectivity index (χ3v) is 7.25. The van der Waals surface area contributed by atoms with Crippen molar-refractivity contribution in [3.8, 4) is 22.3 Å². The number of ether oxygens (including phenoxy) is 1. The molecule has 0 bridgehead atoms. The van der Waals surface area contributed by atoms with E-state index < -0.39 is 23.4 Å². The van der Waals surface area contributed by atoms with Crippen LogP contribution < -0.4 is 5.32 Å². The van der Waals surface area contributed by atoms with Gasteiger partial charge in [0, 0.05) is 48.0 Å². The molecule has 5 rings (SSSR count). The van der Waals surface area contributed by atoms with Crippen LogP contribution >= 0.6 is 11.6 Å². The number of nitrogens with one attached hydrogen (secondary N) is 1. The van der Waals surface area contributed by atoms with Crippen LogP contribution in [0.5, 0.6) is 0 Å². The molecular formula is C32H30ClF3N2O4. The summed E-state index contributed by atoms with van der Waals surface area (Å²) in [7, 11) is 0. The molecule has 0 spiro atoms. The van der Waals surface area contributed by atoms with E-state index in [0.29, 0.717) is 28.0 Å². The minimum Gasteiger partial charge on any atom is -0.459 e. The predicted molar refractivity (Wildman–Crippen MR) is 155 cm³/mol. The maximum Gasteiger partial charge on any atom is 0.408 e. The number of carbonyl (C=O) groups excluding carboxylic acids is 2. The van der Waals surface area contributed by atoms with Gasteiger partial charge in [-0.15, -0.1) is 0 Å². The molecule has 1 aliphatic rings. The summed E-state index contributed by atoms with van der Waals surface area (Å²) >= 11 is 6.44. The molecule has 2 amide bonds. The average Bonchev–Trinajstić information content (AvgIpc) is 3.34. The molecule has 1 saturated heterocycles. The molecule has 0 aliphatic carbocycles. The summed E-state index contributed by atoms with van der Waals surface area (Å²) in [5, 5.41) is 3.60. The molecular weight excluding hydrogens is 569 g/mol. The Kier molecular flexibility index (Phi) is 7.98. The van der Waals surface area contributed by atoms with Crippen molar-refractivity contribution in [1.29, 1.82) is 0 Å². The topological polar surface area (TPSA) is 71.8 Å². The Balaban J connectivity index is 1.46. The standard InChI is InChI=1S/C32H30ClF3N2O4/c1-31(2,3)42-30(40)37-18-24-15-22-14-21(16-26(28(22)41-24)25-9-8-23(34)17-27(25)33)19-4-6-20(7-5-19)29(39)38-12-10-32(35,36)11-13-38/h4-9,14-17H,10-13,18H2,1-3H3,(H,37,40). The van der Waals surface area contributed by atoms with Crippen molar-refractivity contribution < 1.29 is 31.9 Å². The number of alkyl carbamates (subject to hydrolysis) is 1. The van der Waals surface area contributed by atoms with Crippen molar-refractivity contribution in [2.45, 2.75) is 51.7 Å². The third kappa shape index (κ3) is 6.73. The fourth-order valence-electron chi connectivity index (χ4n) is 4.87. The minimum absolute atomic E-state index is 0.0116. The van der Waals surface area contributed by atoms with Gasteiger partial charge in [-0.25, -0.2) is 18.0 Å². The number of amides is 2. The van der Waals surface area contributed by atoms with Gasteiger partial charge in [0.25, 0.3) is 11.8 Å². The number of halogens is 4. The number of alkyl halides is 2. The normalized spacial score (nSPS) is 15.1. The van der Waals surface area contributed by atoms with Gasteiger partial charge in [0.05, 0.1) is 11.6 Å². The fraction of sp³-hybridized carbons (Fsp3) is 0.312.